The summed E-state index contributed by atoms with van der Waals surface area (Å²) in [6.07, 6.45) is 4.14. The molecule has 23 heavy (non-hydrogen) atoms. The topological polar surface area (TPSA) is 64.0 Å². The first kappa shape index (κ1) is 15.5. The average molecular weight is 311 g/mol. The summed E-state index contributed by atoms with van der Waals surface area (Å²) in [5.74, 6) is -0.129. The quantitative estimate of drug-likeness (QED) is 0.937. The number of carbonyl (C=O) groups excluding carboxylic acids is 1. The second-order valence-corrected chi connectivity index (χ2v) is 6.01. The molecule has 1 aromatic carbocycles. The number of hydrogen-bond acceptors (Lipinski definition) is 3. The van der Waals surface area contributed by atoms with E-state index in [0.29, 0.717) is 18.7 Å². The van der Waals surface area contributed by atoms with Crippen molar-refractivity contribution in [1.29, 1.82) is 0 Å². The fourth-order valence-electron chi connectivity index (χ4n) is 2.84. The molecule has 1 heterocycles. The third kappa shape index (κ3) is 3.67. The Morgan fingerprint density at radius 1 is 1.22 bits per heavy atom. The number of aromatic nitrogens is 2. The molecule has 0 saturated heterocycles. The van der Waals surface area contributed by atoms with Crippen LogP contribution in [0.4, 0.5) is 0 Å². The van der Waals surface area contributed by atoms with Gasteiger partial charge in [-0.2, -0.15) is 5.10 Å². The molecule has 2 aromatic rings. The van der Waals surface area contributed by atoms with Gasteiger partial charge in [-0.25, -0.2) is 4.68 Å². The van der Waals surface area contributed by atoms with Gasteiger partial charge in [0, 0.05) is 18.2 Å². The Balaban J connectivity index is 1.61. The van der Waals surface area contributed by atoms with Gasteiger partial charge in [-0.3, -0.25) is 9.59 Å². The van der Waals surface area contributed by atoms with Crippen LogP contribution in [0.25, 0.3) is 0 Å². The van der Waals surface area contributed by atoms with E-state index in [0.717, 1.165) is 42.5 Å². The fraction of sp³-hybridized carbons (Fsp3) is 0.389. The highest BCUT2D eigenvalue weighted by Crippen LogP contribution is 2.16. The van der Waals surface area contributed by atoms with Gasteiger partial charge in [0.05, 0.1) is 12.2 Å². The molecular formula is C18H21N3O2. The van der Waals surface area contributed by atoms with Crippen molar-refractivity contribution < 1.29 is 4.79 Å². The van der Waals surface area contributed by atoms with Gasteiger partial charge in [0.2, 0.25) is 0 Å². The van der Waals surface area contributed by atoms with E-state index < -0.39 is 0 Å². The minimum Gasteiger partial charge on any atom is -0.350 e. The Labute approximate surface area is 135 Å². The molecule has 1 N–H and O–H groups in total. The third-order valence-electron chi connectivity index (χ3n) is 4.20. The molecule has 1 aliphatic rings. The molecular weight excluding hydrogens is 290 g/mol. The molecule has 120 valence electrons. The summed E-state index contributed by atoms with van der Waals surface area (Å²) in [6, 6.07) is 9.11. The maximum Gasteiger partial charge on any atom is 0.267 e. The molecule has 3 rings (SSSR count). The second kappa shape index (κ2) is 6.77. The van der Waals surface area contributed by atoms with E-state index in [1.807, 2.05) is 19.1 Å². The number of aryl methyl sites for hydroxylation is 3. The summed E-state index contributed by atoms with van der Waals surface area (Å²) in [4.78, 5) is 24.1. The minimum absolute atomic E-state index is 0.0877. The fourth-order valence-corrected chi connectivity index (χ4v) is 2.84. The molecule has 5 heteroatoms. The molecule has 0 bridgehead atoms. The molecule has 5 nitrogen and oxygen atoms in total. The van der Waals surface area contributed by atoms with Crippen LogP contribution in [0.5, 0.6) is 0 Å². The lowest BCUT2D eigenvalue weighted by molar-refractivity contribution is 0.0951. The van der Waals surface area contributed by atoms with E-state index in [4.69, 9.17) is 0 Å². The highest BCUT2D eigenvalue weighted by molar-refractivity contribution is 5.94. The van der Waals surface area contributed by atoms with Gasteiger partial charge >= 0.3 is 0 Å². The Morgan fingerprint density at radius 2 is 1.96 bits per heavy atom. The van der Waals surface area contributed by atoms with Crippen molar-refractivity contribution >= 4 is 5.91 Å². The average Bonchev–Trinajstić information content (AvgIpc) is 2.56. The number of amides is 1. The van der Waals surface area contributed by atoms with E-state index in [1.165, 1.54) is 4.68 Å². The van der Waals surface area contributed by atoms with Crippen LogP contribution in [0.3, 0.4) is 0 Å². The number of hydrogen-bond donors (Lipinski definition) is 1. The highest BCUT2D eigenvalue weighted by Gasteiger charge is 2.13. The number of rotatable bonds is 4. The molecule has 1 aliphatic carbocycles. The smallest absolute Gasteiger partial charge is 0.267 e. The van der Waals surface area contributed by atoms with Gasteiger partial charge in [-0.15, -0.1) is 0 Å². The normalized spacial score (nSPS) is 13.4. The molecule has 0 atom stereocenters. The Hall–Kier alpha value is -2.43. The summed E-state index contributed by atoms with van der Waals surface area (Å²) in [5, 5.41) is 7.28. The van der Waals surface area contributed by atoms with Crippen LogP contribution in [-0.4, -0.2) is 22.2 Å². The maximum atomic E-state index is 12.1. The number of nitrogens with zero attached hydrogens (tertiary/aromatic N) is 2. The van der Waals surface area contributed by atoms with Crippen LogP contribution in [-0.2, 0) is 19.4 Å². The monoisotopic (exact) mass is 311 g/mol. The molecule has 0 spiro atoms. The summed E-state index contributed by atoms with van der Waals surface area (Å²) in [7, 11) is 0. The van der Waals surface area contributed by atoms with E-state index in [1.54, 1.807) is 18.2 Å². The SMILES string of the molecule is Cc1ccc(C(=O)NCCn2nc3c(cc2=O)CCCC3)cc1. The molecule has 1 aromatic heterocycles. The van der Waals surface area contributed by atoms with E-state index in [2.05, 4.69) is 10.4 Å². The lowest BCUT2D eigenvalue weighted by Gasteiger charge is -2.16. The van der Waals surface area contributed by atoms with Gasteiger partial charge in [0.1, 0.15) is 0 Å². The number of nitrogens with one attached hydrogen (secondary N) is 1. The van der Waals surface area contributed by atoms with Crippen molar-refractivity contribution in [3.8, 4) is 0 Å². The first-order valence-electron chi connectivity index (χ1n) is 8.08. The van der Waals surface area contributed by atoms with Crippen LogP contribution in [0, 0.1) is 6.92 Å². The van der Waals surface area contributed by atoms with E-state index in [9.17, 15) is 9.59 Å². The molecule has 1 amide bonds. The van der Waals surface area contributed by atoms with Crippen LogP contribution < -0.4 is 10.9 Å². The lowest BCUT2D eigenvalue weighted by atomic mass is 9.97. The summed E-state index contributed by atoms with van der Waals surface area (Å²) in [6.45, 7) is 2.76. The predicted octanol–water partition coefficient (Wildman–Crippen LogP) is 1.86. The van der Waals surface area contributed by atoms with E-state index in [-0.39, 0.29) is 11.5 Å². The molecule has 0 radical (unpaired) electrons. The van der Waals surface area contributed by atoms with Gasteiger partial charge in [0.15, 0.2) is 0 Å². The van der Waals surface area contributed by atoms with E-state index >= 15 is 0 Å². The maximum absolute atomic E-state index is 12.1. The summed E-state index contributed by atoms with van der Waals surface area (Å²) in [5.41, 5.74) is 3.77. The number of fused-ring (bicyclic) bond motifs is 1. The largest absolute Gasteiger partial charge is 0.350 e. The van der Waals surface area contributed by atoms with Gasteiger partial charge < -0.3 is 5.32 Å². The van der Waals surface area contributed by atoms with Crippen molar-refractivity contribution in [3.05, 3.63) is 63.1 Å². The van der Waals surface area contributed by atoms with Gasteiger partial charge in [-0.1, -0.05) is 17.7 Å². The Morgan fingerprint density at radius 3 is 2.74 bits per heavy atom. The molecule has 0 unspecified atom stereocenters. The van der Waals surface area contributed by atoms with Crippen LogP contribution in [0.2, 0.25) is 0 Å². The van der Waals surface area contributed by atoms with Crippen molar-refractivity contribution in [2.45, 2.75) is 39.2 Å². The van der Waals surface area contributed by atoms with Crippen LogP contribution in [0.1, 0.15) is 40.0 Å². The minimum atomic E-state index is -0.129. The Bertz CT molecular complexity index is 763. The van der Waals surface area contributed by atoms with Crippen LogP contribution in [0.15, 0.2) is 35.1 Å². The summed E-state index contributed by atoms with van der Waals surface area (Å²) < 4.78 is 1.46. The molecule has 0 fully saturated rings. The van der Waals surface area contributed by atoms with Crippen molar-refractivity contribution in [1.82, 2.24) is 15.1 Å². The number of carbonyl (C=O) groups is 1. The van der Waals surface area contributed by atoms with Gasteiger partial charge in [-0.05, 0) is 50.3 Å². The highest BCUT2D eigenvalue weighted by atomic mass is 16.1. The van der Waals surface area contributed by atoms with Crippen molar-refractivity contribution in [3.63, 3.8) is 0 Å². The Kier molecular flexibility index (Phi) is 4.55. The zero-order chi connectivity index (χ0) is 16.2. The lowest BCUT2D eigenvalue weighted by Crippen LogP contribution is -2.33. The summed E-state index contributed by atoms with van der Waals surface area (Å²) >= 11 is 0. The molecule has 0 saturated carbocycles. The predicted molar refractivity (Wildman–Crippen MR) is 88.7 cm³/mol. The van der Waals surface area contributed by atoms with Gasteiger partial charge in [0.25, 0.3) is 11.5 Å². The molecule has 0 aliphatic heterocycles. The van der Waals surface area contributed by atoms with Crippen molar-refractivity contribution in [2.75, 3.05) is 6.54 Å². The second-order valence-electron chi connectivity index (χ2n) is 6.01. The third-order valence-corrected chi connectivity index (χ3v) is 4.20. The van der Waals surface area contributed by atoms with Crippen molar-refractivity contribution in [2.24, 2.45) is 0 Å². The zero-order valence-corrected chi connectivity index (χ0v) is 13.3. The first-order valence-corrected chi connectivity index (χ1v) is 8.08. The zero-order valence-electron chi connectivity index (χ0n) is 13.3. The first-order chi connectivity index (χ1) is 11.1. The standard InChI is InChI=1S/C18H21N3O2/c1-13-6-8-14(9-7-13)18(23)19-10-11-21-17(22)12-15-4-2-3-5-16(15)20-21/h6-9,12H,2-5,10-11H2,1H3,(H,19,23). The number of benzene rings is 1. The van der Waals surface area contributed by atoms with Crippen LogP contribution >= 0.6 is 0 Å².